The zero-order chi connectivity index (χ0) is 43.0. The first-order valence-corrected chi connectivity index (χ1v) is 18.2. The Morgan fingerprint density at radius 1 is 0.315 bits per heavy atom. The third kappa shape index (κ3) is 22.2. The second-order valence-corrected chi connectivity index (χ2v) is 18.1. The van der Waals surface area contributed by atoms with Crippen molar-refractivity contribution in [1.29, 1.82) is 0 Å². The third-order valence-electron chi connectivity index (χ3n) is 8.52. The maximum atomic E-state index is 11.6. The molecule has 3 fully saturated rings. The zero-order valence-electron chi connectivity index (χ0n) is 34.0. The molecular weight excluding hydrogens is 732 g/mol. The molecule has 0 amide bonds. The van der Waals surface area contributed by atoms with Gasteiger partial charge in [0.2, 0.25) is 0 Å². The highest BCUT2D eigenvalue weighted by Crippen LogP contribution is 2.58. The van der Waals surface area contributed by atoms with E-state index >= 15 is 0 Å². The van der Waals surface area contributed by atoms with Crippen molar-refractivity contribution < 1.29 is 52.7 Å². The molecule has 2 aromatic rings. The van der Waals surface area contributed by atoms with Gasteiger partial charge in [0.1, 0.15) is 0 Å². The molecule has 2 bridgehead atoms. The molecule has 4 unspecified atom stereocenters. The normalized spacial score (nSPS) is 20.9. The molecule has 0 aromatic heterocycles. The summed E-state index contributed by atoms with van der Waals surface area (Å²) in [7, 11) is 0. The molecule has 0 saturated heterocycles. The van der Waals surface area contributed by atoms with Gasteiger partial charge < -0.3 is 0 Å². The second-order valence-electron chi connectivity index (χ2n) is 18.1. The number of hydrogen-bond donors (Lipinski definition) is 0. The van der Waals surface area contributed by atoms with Crippen LogP contribution in [0.2, 0.25) is 0 Å². The fourth-order valence-corrected chi connectivity index (χ4v) is 5.11. The summed E-state index contributed by atoms with van der Waals surface area (Å²) in [5.74, 6) is 4.80. The van der Waals surface area contributed by atoms with Crippen molar-refractivity contribution >= 4 is 0 Å². The van der Waals surface area contributed by atoms with Gasteiger partial charge in [-0.1, -0.05) is 135 Å². The van der Waals surface area contributed by atoms with Crippen LogP contribution in [-0.2, 0) is 0 Å². The molecule has 12 heteroatoms. The van der Waals surface area contributed by atoms with Crippen molar-refractivity contribution in [3.63, 3.8) is 0 Å². The Labute approximate surface area is 316 Å². The molecule has 3 aliphatic rings. The molecule has 0 nitrogen and oxygen atoms in total. The van der Waals surface area contributed by atoms with E-state index in [1.54, 1.807) is 38.5 Å². The van der Waals surface area contributed by atoms with Gasteiger partial charge in [0.25, 0.3) is 0 Å². The van der Waals surface area contributed by atoms with Crippen molar-refractivity contribution in [1.82, 2.24) is 0 Å². The molecule has 0 N–H and O–H groups in total. The van der Waals surface area contributed by atoms with Crippen LogP contribution >= 0.6 is 0 Å². The lowest BCUT2D eigenvalue weighted by Gasteiger charge is -2.29. The van der Waals surface area contributed by atoms with E-state index in [0.717, 1.165) is 0 Å². The van der Waals surface area contributed by atoms with Gasteiger partial charge >= 0.3 is 24.7 Å². The number of hydrogen-bond acceptors (Lipinski definition) is 0. The molecule has 0 aliphatic heterocycles. The molecule has 4 atom stereocenters. The standard InChI is InChI=1S/C10H16.2C6H6.2C5H6F6.2C5H12/c1-2-9-7-4-5-8(6-7)10(9)3-1;2*1-2-4-6-5-3-1;2*1-3(2,4(6,7)8)5(9,10)11;2*1-5(2,3)4/h7-10H,1-6H2;2*1-6H;2*1-2H3;2*1-4H3. The average molecular weight is 797 g/mol. The summed E-state index contributed by atoms with van der Waals surface area (Å²) < 4.78 is 139. The van der Waals surface area contributed by atoms with Gasteiger partial charge in [0.15, 0.2) is 10.8 Å². The van der Waals surface area contributed by atoms with E-state index in [1.807, 2.05) is 72.8 Å². The van der Waals surface area contributed by atoms with E-state index in [9.17, 15) is 52.7 Å². The Kier molecular flexibility index (Phi) is 21.7. The Hall–Kier alpha value is -2.40. The Morgan fingerprint density at radius 2 is 0.481 bits per heavy atom. The SMILES string of the molecule is C1CC2C3CCC(C3)C2C1.CC(C)(C(F)(F)F)C(F)(F)F.CC(C)(C(F)(F)F)C(F)(F)F.CC(C)(C)C.CC(C)(C)C.c1ccccc1.c1ccccc1. The van der Waals surface area contributed by atoms with Gasteiger partial charge in [0, 0.05) is 0 Å². The molecule has 2 aromatic carbocycles. The van der Waals surface area contributed by atoms with Gasteiger partial charge in [-0.3, -0.25) is 0 Å². The first-order valence-electron chi connectivity index (χ1n) is 18.2. The Morgan fingerprint density at radius 3 is 0.611 bits per heavy atom. The van der Waals surface area contributed by atoms with Crippen LogP contribution in [0.15, 0.2) is 72.8 Å². The zero-order valence-corrected chi connectivity index (χ0v) is 34.0. The fraction of sp³-hybridized carbons (Fsp3) is 0.714. The predicted octanol–water partition coefficient (Wildman–Crippen LogP) is 16.6. The maximum Gasteiger partial charge on any atom is 0.402 e. The highest BCUT2D eigenvalue weighted by atomic mass is 19.4. The van der Waals surface area contributed by atoms with Crippen LogP contribution in [0, 0.1) is 45.3 Å². The molecular formula is C42H64F12. The summed E-state index contributed by atoms with van der Waals surface area (Å²) in [6.07, 6.45) is -11.4. The van der Waals surface area contributed by atoms with Gasteiger partial charge in [-0.2, -0.15) is 52.7 Å². The van der Waals surface area contributed by atoms with E-state index in [0.29, 0.717) is 10.8 Å². The molecule has 0 heterocycles. The number of alkyl halides is 12. The van der Waals surface area contributed by atoms with Crippen LogP contribution < -0.4 is 0 Å². The van der Waals surface area contributed by atoms with E-state index < -0.39 is 35.5 Å². The monoisotopic (exact) mass is 796 g/mol. The van der Waals surface area contributed by atoms with Crippen LogP contribution in [0.25, 0.3) is 0 Å². The van der Waals surface area contributed by atoms with Crippen molar-refractivity contribution in [3.05, 3.63) is 72.8 Å². The van der Waals surface area contributed by atoms with E-state index in [-0.39, 0.29) is 27.7 Å². The minimum absolute atomic E-state index is 0.104. The van der Waals surface area contributed by atoms with Gasteiger partial charge in [-0.05, 0) is 94.3 Å². The largest absolute Gasteiger partial charge is 0.402 e. The lowest BCUT2D eigenvalue weighted by Crippen LogP contribution is -2.44. The summed E-state index contributed by atoms with van der Waals surface area (Å²) in [4.78, 5) is 0. The molecule has 0 spiro atoms. The van der Waals surface area contributed by atoms with Crippen molar-refractivity contribution in [2.45, 2.75) is 146 Å². The number of rotatable bonds is 0. The topological polar surface area (TPSA) is 0 Å². The summed E-state index contributed by atoms with van der Waals surface area (Å²) in [6.45, 7) is 17.9. The highest BCUT2D eigenvalue weighted by Gasteiger charge is 2.65. The van der Waals surface area contributed by atoms with Crippen molar-refractivity contribution in [2.75, 3.05) is 0 Å². The van der Waals surface area contributed by atoms with Crippen LogP contribution in [-0.4, -0.2) is 24.7 Å². The van der Waals surface area contributed by atoms with E-state index in [1.165, 1.54) is 23.7 Å². The van der Waals surface area contributed by atoms with Crippen LogP contribution in [0.4, 0.5) is 52.7 Å². The summed E-state index contributed by atoms with van der Waals surface area (Å²) in [5.41, 5.74) is -6.25. The molecule has 5 rings (SSSR count). The quantitative estimate of drug-likeness (QED) is 0.233. The molecule has 54 heavy (non-hydrogen) atoms. The summed E-state index contributed by atoms with van der Waals surface area (Å²) in [6, 6.07) is 24.0. The summed E-state index contributed by atoms with van der Waals surface area (Å²) in [5, 5.41) is 0. The Balaban J connectivity index is 0. The molecule has 0 radical (unpaired) electrons. The lowest BCUT2D eigenvalue weighted by molar-refractivity contribution is -0.328. The predicted molar refractivity (Wildman–Crippen MR) is 197 cm³/mol. The maximum absolute atomic E-state index is 11.6. The van der Waals surface area contributed by atoms with Gasteiger partial charge in [-0.15, -0.1) is 0 Å². The fourth-order valence-electron chi connectivity index (χ4n) is 5.11. The molecule has 3 saturated carbocycles. The minimum atomic E-state index is -5.24. The highest BCUT2D eigenvalue weighted by molar-refractivity contribution is 5.00. The lowest BCUT2D eigenvalue weighted by atomic mass is 9.82. The van der Waals surface area contributed by atoms with Crippen LogP contribution in [0.3, 0.4) is 0 Å². The molecule has 316 valence electrons. The first kappa shape index (κ1) is 53.7. The average Bonchev–Trinajstić information content (AvgIpc) is 3.73. The second kappa shape index (κ2) is 21.8. The number of fused-ring (bicyclic) bond motifs is 5. The molecule has 3 aliphatic carbocycles. The van der Waals surface area contributed by atoms with Crippen molar-refractivity contribution in [2.24, 2.45) is 45.3 Å². The smallest absolute Gasteiger partial charge is 0.170 e. The van der Waals surface area contributed by atoms with E-state index in [4.69, 9.17) is 0 Å². The van der Waals surface area contributed by atoms with E-state index in [2.05, 4.69) is 55.4 Å². The minimum Gasteiger partial charge on any atom is -0.170 e. The first-order chi connectivity index (χ1) is 23.9. The Bertz CT molecular complexity index is 1020. The van der Waals surface area contributed by atoms with Gasteiger partial charge in [0.05, 0.1) is 0 Å². The summed E-state index contributed by atoms with van der Waals surface area (Å²) >= 11 is 0. The number of benzene rings is 2. The van der Waals surface area contributed by atoms with Crippen LogP contribution in [0.1, 0.15) is 122 Å². The van der Waals surface area contributed by atoms with Gasteiger partial charge in [-0.25, -0.2) is 0 Å². The third-order valence-corrected chi connectivity index (χ3v) is 8.52. The van der Waals surface area contributed by atoms with Crippen molar-refractivity contribution in [3.8, 4) is 0 Å². The van der Waals surface area contributed by atoms with Crippen LogP contribution in [0.5, 0.6) is 0 Å². The number of halogens is 12.